The lowest BCUT2D eigenvalue weighted by Crippen LogP contribution is -2.14. The minimum Gasteiger partial charge on any atom is -0.243 e. The molecule has 0 amide bonds. The largest absolute Gasteiger partial charge is 0.243 e. The summed E-state index contributed by atoms with van der Waals surface area (Å²) >= 11 is 7.82. The van der Waals surface area contributed by atoms with Gasteiger partial charge in [-0.25, -0.2) is 4.31 Å². The SMILES string of the molecule is CSN1CCCC1c1cccc(Cl)c1. The molecule has 1 aromatic rings. The normalized spacial score (nSPS) is 22.9. The van der Waals surface area contributed by atoms with E-state index in [0.717, 1.165) is 5.02 Å². The van der Waals surface area contributed by atoms with Crippen LogP contribution in [-0.2, 0) is 0 Å². The van der Waals surface area contributed by atoms with Crippen LogP contribution < -0.4 is 0 Å². The standard InChI is InChI=1S/C11H14ClNS/c1-14-13-7-3-6-11(13)9-4-2-5-10(12)8-9/h2,4-5,8,11H,3,6-7H2,1H3. The molecule has 1 heterocycles. The molecule has 3 heteroatoms. The molecular weight excluding hydrogens is 214 g/mol. The highest BCUT2D eigenvalue weighted by Crippen LogP contribution is 2.36. The average molecular weight is 228 g/mol. The molecule has 2 rings (SSSR count). The Balaban J connectivity index is 2.21. The van der Waals surface area contributed by atoms with E-state index in [9.17, 15) is 0 Å². The Bertz CT molecular complexity index is 316. The van der Waals surface area contributed by atoms with Crippen molar-refractivity contribution in [2.45, 2.75) is 18.9 Å². The molecule has 0 aliphatic carbocycles. The van der Waals surface area contributed by atoms with Gasteiger partial charge in [-0.15, -0.1) is 0 Å². The number of hydrogen-bond acceptors (Lipinski definition) is 2. The summed E-state index contributed by atoms with van der Waals surface area (Å²) in [5.74, 6) is 0. The van der Waals surface area contributed by atoms with Crippen LogP contribution in [-0.4, -0.2) is 17.1 Å². The fourth-order valence-electron chi connectivity index (χ4n) is 2.01. The summed E-state index contributed by atoms with van der Waals surface area (Å²) in [6, 6.07) is 8.78. The molecule has 1 atom stereocenters. The van der Waals surface area contributed by atoms with Crippen molar-refractivity contribution in [3.8, 4) is 0 Å². The molecule has 0 radical (unpaired) electrons. The zero-order valence-electron chi connectivity index (χ0n) is 8.24. The Morgan fingerprint density at radius 3 is 3.07 bits per heavy atom. The molecule has 0 bridgehead atoms. The Kier molecular flexibility index (Phi) is 3.37. The van der Waals surface area contributed by atoms with Gasteiger partial charge >= 0.3 is 0 Å². The van der Waals surface area contributed by atoms with Gasteiger partial charge in [0.1, 0.15) is 0 Å². The first-order valence-electron chi connectivity index (χ1n) is 4.87. The van der Waals surface area contributed by atoms with Crippen LogP contribution in [0, 0.1) is 0 Å². The van der Waals surface area contributed by atoms with Crippen molar-refractivity contribution in [2.75, 3.05) is 12.8 Å². The quantitative estimate of drug-likeness (QED) is 0.708. The highest BCUT2D eigenvalue weighted by Gasteiger charge is 2.25. The second-order valence-electron chi connectivity index (χ2n) is 3.54. The number of nitrogens with zero attached hydrogens (tertiary/aromatic N) is 1. The van der Waals surface area contributed by atoms with Crippen LogP contribution in [0.5, 0.6) is 0 Å². The monoisotopic (exact) mass is 227 g/mol. The van der Waals surface area contributed by atoms with Crippen molar-refractivity contribution < 1.29 is 0 Å². The summed E-state index contributed by atoms with van der Waals surface area (Å²) in [5.41, 5.74) is 1.35. The molecule has 0 spiro atoms. The summed E-state index contributed by atoms with van der Waals surface area (Å²) in [5, 5.41) is 0.843. The summed E-state index contributed by atoms with van der Waals surface area (Å²) in [6.45, 7) is 1.19. The summed E-state index contributed by atoms with van der Waals surface area (Å²) in [6.07, 6.45) is 4.68. The Morgan fingerprint density at radius 2 is 2.36 bits per heavy atom. The van der Waals surface area contributed by atoms with Gasteiger partial charge in [-0.1, -0.05) is 35.7 Å². The van der Waals surface area contributed by atoms with E-state index in [-0.39, 0.29) is 0 Å². The number of halogens is 1. The number of benzene rings is 1. The second kappa shape index (κ2) is 4.56. The van der Waals surface area contributed by atoms with Crippen LogP contribution in [0.3, 0.4) is 0 Å². The maximum Gasteiger partial charge on any atom is 0.0453 e. The van der Waals surface area contributed by atoms with Crippen molar-refractivity contribution >= 4 is 23.5 Å². The highest BCUT2D eigenvalue weighted by molar-refractivity contribution is 7.96. The first kappa shape index (κ1) is 10.3. The van der Waals surface area contributed by atoms with Gasteiger partial charge in [0.2, 0.25) is 0 Å². The fraction of sp³-hybridized carbons (Fsp3) is 0.455. The van der Waals surface area contributed by atoms with Gasteiger partial charge in [-0.3, -0.25) is 0 Å². The van der Waals surface area contributed by atoms with E-state index in [1.54, 1.807) is 0 Å². The van der Waals surface area contributed by atoms with Crippen LogP contribution in [0.1, 0.15) is 24.4 Å². The molecule has 1 aliphatic heterocycles. The third kappa shape index (κ3) is 2.08. The van der Waals surface area contributed by atoms with E-state index in [1.807, 2.05) is 24.1 Å². The fourth-order valence-corrected chi connectivity index (χ4v) is 3.00. The van der Waals surface area contributed by atoms with Gasteiger partial charge < -0.3 is 0 Å². The highest BCUT2D eigenvalue weighted by atomic mass is 35.5. The van der Waals surface area contributed by atoms with Gasteiger partial charge in [0.05, 0.1) is 0 Å². The minimum absolute atomic E-state index is 0.559. The van der Waals surface area contributed by atoms with Crippen molar-refractivity contribution in [1.29, 1.82) is 0 Å². The van der Waals surface area contributed by atoms with E-state index in [4.69, 9.17) is 11.6 Å². The van der Waals surface area contributed by atoms with E-state index in [0.29, 0.717) is 6.04 Å². The zero-order valence-corrected chi connectivity index (χ0v) is 9.81. The predicted octanol–water partition coefficient (Wildman–Crippen LogP) is 3.75. The lowest BCUT2D eigenvalue weighted by atomic mass is 10.1. The van der Waals surface area contributed by atoms with Crippen LogP contribution in [0.2, 0.25) is 5.02 Å². The molecule has 0 N–H and O–H groups in total. The predicted molar refractivity (Wildman–Crippen MR) is 63.6 cm³/mol. The van der Waals surface area contributed by atoms with Crippen LogP contribution in [0.4, 0.5) is 0 Å². The molecule has 0 aromatic heterocycles. The number of rotatable bonds is 2. The Labute approximate surface area is 94.6 Å². The molecule has 1 saturated heterocycles. The van der Waals surface area contributed by atoms with Gasteiger partial charge in [-0.05, 0) is 36.8 Å². The smallest absolute Gasteiger partial charge is 0.0453 e. The van der Waals surface area contributed by atoms with Gasteiger partial charge in [0, 0.05) is 17.6 Å². The first-order valence-corrected chi connectivity index (χ1v) is 6.43. The van der Waals surface area contributed by atoms with Gasteiger partial charge in [0.25, 0.3) is 0 Å². The molecule has 0 saturated carbocycles. The van der Waals surface area contributed by atoms with Gasteiger partial charge in [-0.2, -0.15) is 0 Å². The topological polar surface area (TPSA) is 3.24 Å². The molecule has 1 nitrogen and oxygen atoms in total. The summed E-state index contributed by atoms with van der Waals surface area (Å²) < 4.78 is 2.44. The second-order valence-corrected chi connectivity index (χ2v) is 4.81. The van der Waals surface area contributed by atoms with Crippen molar-refractivity contribution in [2.24, 2.45) is 0 Å². The van der Waals surface area contributed by atoms with E-state index >= 15 is 0 Å². The van der Waals surface area contributed by atoms with Crippen molar-refractivity contribution in [3.63, 3.8) is 0 Å². The maximum absolute atomic E-state index is 5.99. The van der Waals surface area contributed by atoms with Gasteiger partial charge in [0.15, 0.2) is 0 Å². The lowest BCUT2D eigenvalue weighted by Gasteiger charge is -2.21. The van der Waals surface area contributed by atoms with Crippen molar-refractivity contribution in [1.82, 2.24) is 4.31 Å². The Hall–Kier alpha value is -0.180. The lowest BCUT2D eigenvalue weighted by molar-refractivity contribution is 0.454. The molecule has 14 heavy (non-hydrogen) atoms. The molecule has 1 fully saturated rings. The molecule has 1 unspecified atom stereocenters. The van der Waals surface area contributed by atoms with E-state index in [1.165, 1.54) is 24.9 Å². The van der Waals surface area contributed by atoms with Crippen LogP contribution >= 0.6 is 23.5 Å². The Morgan fingerprint density at radius 1 is 1.50 bits per heavy atom. The molecule has 1 aliphatic rings. The van der Waals surface area contributed by atoms with Crippen molar-refractivity contribution in [3.05, 3.63) is 34.9 Å². The average Bonchev–Trinajstić information content (AvgIpc) is 2.65. The number of hydrogen-bond donors (Lipinski definition) is 0. The molecular formula is C11H14ClNS. The molecule has 1 aromatic carbocycles. The summed E-state index contributed by atoms with van der Waals surface area (Å²) in [7, 11) is 0. The van der Waals surface area contributed by atoms with E-state index in [2.05, 4.69) is 22.7 Å². The first-order chi connectivity index (χ1) is 6.81. The minimum atomic E-state index is 0.559. The summed E-state index contributed by atoms with van der Waals surface area (Å²) in [4.78, 5) is 0. The third-order valence-corrected chi connectivity index (χ3v) is 3.81. The zero-order chi connectivity index (χ0) is 9.97. The molecule has 76 valence electrons. The maximum atomic E-state index is 5.99. The van der Waals surface area contributed by atoms with Crippen LogP contribution in [0.25, 0.3) is 0 Å². The van der Waals surface area contributed by atoms with E-state index < -0.39 is 0 Å². The van der Waals surface area contributed by atoms with Crippen LogP contribution in [0.15, 0.2) is 24.3 Å². The third-order valence-electron chi connectivity index (χ3n) is 2.67.